The van der Waals surface area contributed by atoms with E-state index >= 15 is 0 Å². The third kappa shape index (κ3) is 4.12. The average Bonchev–Trinajstić information content (AvgIpc) is 3.33. The van der Waals surface area contributed by atoms with E-state index in [9.17, 15) is 0 Å². The lowest BCUT2D eigenvalue weighted by Gasteiger charge is -2.21. The number of rotatable bonds is 6. The van der Waals surface area contributed by atoms with Crippen LogP contribution in [-0.4, -0.2) is 45.3 Å². The van der Waals surface area contributed by atoms with Gasteiger partial charge in [-0.15, -0.1) is 10.2 Å². The number of guanidine groups is 1. The first-order valence-electron chi connectivity index (χ1n) is 8.29. The van der Waals surface area contributed by atoms with Crippen molar-refractivity contribution in [3.8, 4) is 0 Å². The summed E-state index contributed by atoms with van der Waals surface area (Å²) in [5.74, 6) is 2.86. The third-order valence-electron chi connectivity index (χ3n) is 4.02. The van der Waals surface area contributed by atoms with Crippen molar-refractivity contribution < 1.29 is 4.42 Å². The van der Waals surface area contributed by atoms with Crippen LogP contribution in [0.4, 0.5) is 0 Å². The Balaban J connectivity index is 1.58. The lowest BCUT2D eigenvalue weighted by atomic mass is 10.4. The largest absolute Gasteiger partial charge is 0.467 e. The van der Waals surface area contributed by atoms with Gasteiger partial charge in [0.05, 0.1) is 6.26 Å². The van der Waals surface area contributed by atoms with Crippen molar-refractivity contribution in [1.29, 1.82) is 0 Å². The number of furan rings is 1. The molecule has 1 fully saturated rings. The second-order valence-electron chi connectivity index (χ2n) is 5.63. The van der Waals surface area contributed by atoms with Gasteiger partial charge in [0.1, 0.15) is 24.5 Å². The van der Waals surface area contributed by atoms with Crippen LogP contribution < -0.4 is 5.32 Å². The Labute approximate surface area is 136 Å². The van der Waals surface area contributed by atoms with Crippen molar-refractivity contribution in [2.24, 2.45) is 4.99 Å². The van der Waals surface area contributed by atoms with E-state index in [1.807, 2.05) is 12.1 Å². The molecule has 1 saturated heterocycles. The lowest BCUT2D eigenvalue weighted by Crippen LogP contribution is -2.41. The quantitative estimate of drug-likeness (QED) is 0.648. The molecule has 0 aromatic carbocycles. The molecule has 0 bridgehead atoms. The molecule has 0 unspecified atom stereocenters. The normalized spacial score (nSPS) is 15.3. The van der Waals surface area contributed by atoms with Crippen molar-refractivity contribution in [1.82, 2.24) is 25.0 Å². The highest BCUT2D eigenvalue weighted by Crippen LogP contribution is 2.09. The van der Waals surface area contributed by atoms with Crippen LogP contribution in [0.5, 0.6) is 0 Å². The molecule has 0 amide bonds. The second kappa shape index (κ2) is 7.80. The highest BCUT2D eigenvalue weighted by Gasteiger charge is 2.16. The number of hydrogen-bond donors (Lipinski definition) is 1. The van der Waals surface area contributed by atoms with E-state index < -0.39 is 0 Å². The van der Waals surface area contributed by atoms with Crippen LogP contribution in [-0.2, 0) is 19.5 Å². The summed E-state index contributed by atoms with van der Waals surface area (Å²) in [6.07, 6.45) is 6.83. The molecule has 3 rings (SSSR count). The van der Waals surface area contributed by atoms with Crippen LogP contribution in [0.2, 0.25) is 0 Å². The summed E-state index contributed by atoms with van der Waals surface area (Å²) >= 11 is 0. The molecule has 2 aromatic heterocycles. The molecular weight excluding hydrogens is 292 g/mol. The number of aromatic nitrogens is 3. The fourth-order valence-corrected chi connectivity index (χ4v) is 2.78. The zero-order valence-electron chi connectivity index (χ0n) is 13.6. The Morgan fingerprint density at radius 3 is 3.00 bits per heavy atom. The molecule has 23 heavy (non-hydrogen) atoms. The molecule has 0 spiro atoms. The average molecular weight is 316 g/mol. The van der Waals surface area contributed by atoms with Gasteiger partial charge < -0.3 is 19.2 Å². The molecule has 3 heterocycles. The summed E-state index contributed by atoms with van der Waals surface area (Å²) in [7, 11) is 0. The summed E-state index contributed by atoms with van der Waals surface area (Å²) in [5.41, 5.74) is 0. The molecule has 0 atom stereocenters. The van der Waals surface area contributed by atoms with Crippen LogP contribution in [0.15, 0.2) is 34.1 Å². The second-order valence-corrected chi connectivity index (χ2v) is 5.63. The van der Waals surface area contributed by atoms with Crippen molar-refractivity contribution in [2.45, 2.75) is 39.3 Å². The first-order chi connectivity index (χ1) is 11.4. The molecule has 1 aliphatic heterocycles. The van der Waals surface area contributed by atoms with Gasteiger partial charge in [0.15, 0.2) is 5.96 Å². The first kappa shape index (κ1) is 15.6. The van der Waals surface area contributed by atoms with Crippen molar-refractivity contribution in [3.05, 3.63) is 36.3 Å². The van der Waals surface area contributed by atoms with E-state index in [1.165, 1.54) is 12.8 Å². The minimum atomic E-state index is 0.568. The topological polar surface area (TPSA) is 71.5 Å². The Bertz CT molecular complexity index is 612. The van der Waals surface area contributed by atoms with Gasteiger partial charge in [0.25, 0.3) is 0 Å². The van der Waals surface area contributed by atoms with Gasteiger partial charge in [-0.2, -0.15) is 0 Å². The molecule has 2 aromatic rings. The number of aliphatic imine (C=N–C) groups is 1. The zero-order chi connectivity index (χ0) is 15.9. The van der Waals surface area contributed by atoms with Crippen LogP contribution in [0.1, 0.15) is 31.4 Å². The van der Waals surface area contributed by atoms with Gasteiger partial charge in [0.2, 0.25) is 0 Å². The van der Waals surface area contributed by atoms with Gasteiger partial charge in [-0.05, 0) is 25.0 Å². The van der Waals surface area contributed by atoms with Crippen LogP contribution in [0.3, 0.4) is 0 Å². The molecule has 7 nitrogen and oxygen atoms in total. The van der Waals surface area contributed by atoms with Gasteiger partial charge in [-0.3, -0.25) is 0 Å². The number of nitrogens with one attached hydrogen (secondary N) is 1. The van der Waals surface area contributed by atoms with E-state index in [0.717, 1.165) is 50.1 Å². The number of aryl methyl sites for hydroxylation is 1. The summed E-state index contributed by atoms with van der Waals surface area (Å²) in [5, 5.41) is 11.6. The highest BCUT2D eigenvalue weighted by molar-refractivity contribution is 5.80. The maximum atomic E-state index is 5.37. The van der Waals surface area contributed by atoms with Crippen LogP contribution >= 0.6 is 0 Å². The van der Waals surface area contributed by atoms with E-state index in [1.54, 1.807) is 12.6 Å². The van der Waals surface area contributed by atoms with Crippen LogP contribution in [0, 0.1) is 0 Å². The molecule has 0 saturated carbocycles. The van der Waals surface area contributed by atoms with E-state index in [4.69, 9.17) is 9.41 Å². The molecule has 7 heteroatoms. The van der Waals surface area contributed by atoms with E-state index in [2.05, 4.69) is 31.9 Å². The smallest absolute Gasteiger partial charge is 0.194 e. The molecule has 1 aliphatic rings. The van der Waals surface area contributed by atoms with Gasteiger partial charge in [-0.1, -0.05) is 6.92 Å². The number of hydrogen-bond acceptors (Lipinski definition) is 4. The van der Waals surface area contributed by atoms with Gasteiger partial charge in [0, 0.05) is 32.6 Å². The lowest BCUT2D eigenvalue weighted by molar-refractivity contribution is 0.477. The van der Waals surface area contributed by atoms with Gasteiger partial charge >= 0.3 is 0 Å². The summed E-state index contributed by atoms with van der Waals surface area (Å²) in [4.78, 5) is 7.02. The number of likely N-dealkylation sites (tertiary alicyclic amines) is 1. The van der Waals surface area contributed by atoms with Crippen molar-refractivity contribution in [2.75, 3.05) is 19.6 Å². The highest BCUT2D eigenvalue weighted by atomic mass is 16.3. The predicted octanol–water partition coefficient (Wildman–Crippen LogP) is 1.68. The zero-order valence-corrected chi connectivity index (χ0v) is 13.6. The predicted molar refractivity (Wildman–Crippen MR) is 88.1 cm³/mol. The minimum Gasteiger partial charge on any atom is -0.467 e. The standard InChI is InChI=1S/C16H24N6O/c1-2-15-20-19-13-22(15)10-7-17-16(21-8-3-4-9-21)18-12-14-6-5-11-23-14/h5-6,11,13H,2-4,7-10,12H2,1H3,(H,17,18). The first-order valence-corrected chi connectivity index (χ1v) is 8.29. The van der Waals surface area contributed by atoms with E-state index in [0.29, 0.717) is 6.54 Å². The molecule has 1 N–H and O–H groups in total. The number of nitrogens with zero attached hydrogens (tertiary/aromatic N) is 5. The van der Waals surface area contributed by atoms with Crippen LogP contribution in [0.25, 0.3) is 0 Å². The third-order valence-corrected chi connectivity index (χ3v) is 4.02. The Hall–Kier alpha value is -2.31. The maximum Gasteiger partial charge on any atom is 0.194 e. The van der Waals surface area contributed by atoms with Crippen molar-refractivity contribution >= 4 is 5.96 Å². The van der Waals surface area contributed by atoms with Crippen molar-refractivity contribution in [3.63, 3.8) is 0 Å². The molecule has 124 valence electrons. The Morgan fingerprint density at radius 2 is 2.26 bits per heavy atom. The summed E-state index contributed by atoms with van der Waals surface area (Å²) in [6.45, 7) is 6.43. The molecular formula is C16H24N6O. The fourth-order valence-electron chi connectivity index (χ4n) is 2.78. The monoisotopic (exact) mass is 316 g/mol. The summed E-state index contributed by atoms with van der Waals surface area (Å²) < 4.78 is 7.45. The molecule has 0 radical (unpaired) electrons. The minimum absolute atomic E-state index is 0.568. The molecule has 0 aliphatic carbocycles. The van der Waals surface area contributed by atoms with Gasteiger partial charge in [-0.25, -0.2) is 4.99 Å². The van der Waals surface area contributed by atoms with E-state index in [-0.39, 0.29) is 0 Å². The Morgan fingerprint density at radius 1 is 1.39 bits per heavy atom. The summed E-state index contributed by atoms with van der Waals surface area (Å²) in [6, 6.07) is 3.85. The fraction of sp³-hybridized carbons (Fsp3) is 0.562. The maximum absolute atomic E-state index is 5.37. The Kier molecular flexibility index (Phi) is 5.29. The SMILES string of the molecule is CCc1nncn1CCNC(=NCc1ccco1)N1CCCC1.